The summed E-state index contributed by atoms with van der Waals surface area (Å²) in [5, 5.41) is 0. The van der Waals surface area contributed by atoms with E-state index in [2.05, 4.69) is 14.7 Å². The molecule has 0 radical (unpaired) electrons. The Morgan fingerprint density at radius 3 is 2.44 bits per heavy atom. The van der Waals surface area contributed by atoms with Gasteiger partial charge in [-0.25, -0.2) is 13.4 Å². The van der Waals surface area contributed by atoms with Gasteiger partial charge in [0, 0.05) is 17.8 Å². The molecule has 4 aromatic rings. The quantitative estimate of drug-likeness (QED) is 0.477. The summed E-state index contributed by atoms with van der Waals surface area (Å²) in [5.41, 5.74) is 2.75. The molecule has 162 valence electrons. The highest BCUT2D eigenvalue weighted by Gasteiger charge is 2.32. The summed E-state index contributed by atoms with van der Waals surface area (Å²) in [6, 6.07) is 22.4. The molecule has 2 N–H and O–H groups in total. The van der Waals surface area contributed by atoms with Crippen LogP contribution in [0.25, 0.3) is 11.0 Å². The molecule has 1 aliphatic heterocycles. The first-order valence-corrected chi connectivity index (χ1v) is 11.9. The van der Waals surface area contributed by atoms with Crippen molar-refractivity contribution in [2.24, 2.45) is 0 Å². The van der Waals surface area contributed by atoms with Crippen molar-refractivity contribution >= 4 is 32.7 Å². The Kier molecular flexibility index (Phi) is 5.14. The summed E-state index contributed by atoms with van der Waals surface area (Å²) in [6.45, 7) is 0.656. The summed E-state index contributed by atoms with van der Waals surface area (Å²) in [7, 11) is -3.68. The smallest absolute Gasteiger partial charge is 0.261 e. The largest absolute Gasteiger partial charge is 0.340 e. The maximum Gasteiger partial charge on any atom is 0.261 e. The number of carbonyl (C=O) groups is 1. The molecule has 1 amide bonds. The number of carbonyl (C=O) groups excluding carboxylic acids is 1. The van der Waals surface area contributed by atoms with Crippen LogP contribution in [-0.2, 0) is 10.0 Å². The highest BCUT2D eigenvalue weighted by atomic mass is 32.2. The molecular weight excluding hydrogens is 424 g/mol. The van der Waals surface area contributed by atoms with Gasteiger partial charge in [0.25, 0.3) is 15.9 Å². The van der Waals surface area contributed by atoms with Gasteiger partial charge in [0.2, 0.25) is 0 Å². The van der Waals surface area contributed by atoms with Crippen LogP contribution in [0.1, 0.15) is 35.1 Å². The Labute approximate surface area is 186 Å². The lowest BCUT2D eigenvalue weighted by Crippen LogP contribution is -2.31. The average molecular weight is 447 g/mol. The molecule has 5 rings (SSSR count). The molecule has 3 aromatic carbocycles. The van der Waals surface area contributed by atoms with Gasteiger partial charge in [-0.15, -0.1) is 0 Å². The van der Waals surface area contributed by atoms with Crippen LogP contribution in [0.5, 0.6) is 0 Å². The molecule has 2 heterocycles. The maximum absolute atomic E-state index is 13.2. The summed E-state index contributed by atoms with van der Waals surface area (Å²) in [4.78, 5) is 23.3. The fourth-order valence-electron chi connectivity index (χ4n) is 4.08. The topological polar surface area (TPSA) is 95.2 Å². The average Bonchev–Trinajstić information content (AvgIpc) is 3.46. The van der Waals surface area contributed by atoms with Crippen LogP contribution in [0.15, 0.2) is 83.8 Å². The van der Waals surface area contributed by atoms with E-state index in [1.54, 1.807) is 42.5 Å². The number of amides is 1. The number of rotatable bonds is 5. The van der Waals surface area contributed by atoms with Gasteiger partial charge in [-0.3, -0.25) is 9.52 Å². The number of benzene rings is 3. The number of sulfonamides is 1. The lowest BCUT2D eigenvalue weighted by Gasteiger charge is -2.23. The lowest BCUT2D eigenvalue weighted by molar-refractivity contribution is 0.0730. The Bertz CT molecular complexity index is 1330. The van der Waals surface area contributed by atoms with E-state index in [4.69, 9.17) is 0 Å². The van der Waals surface area contributed by atoms with Crippen LogP contribution in [0.3, 0.4) is 0 Å². The highest BCUT2D eigenvalue weighted by Crippen LogP contribution is 2.33. The number of aromatic nitrogens is 2. The molecule has 0 aliphatic carbocycles. The van der Waals surface area contributed by atoms with Crippen LogP contribution in [0.4, 0.5) is 5.69 Å². The molecule has 7 nitrogen and oxygen atoms in total. The molecule has 0 saturated carbocycles. The van der Waals surface area contributed by atoms with Gasteiger partial charge in [0.1, 0.15) is 5.82 Å². The molecule has 1 fully saturated rings. The first-order valence-electron chi connectivity index (χ1n) is 10.4. The number of hydrogen-bond donors (Lipinski definition) is 2. The fourth-order valence-corrected chi connectivity index (χ4v) is 5.16. The molecule has 1 aliphatic rings. The number of H-pyrrole nitrogens is 1. The van der Waals surface area contributed by atoms with E-state index in [-0.39, 0.29) is 16.8 Å². The van der Waals surface area contributed by atoms with Gasteiger partial charge in [-0.2, -0.15) is 0 Å². The molecule has 1 aromatic heterocycles. The summed E-state index contributed by atoms with van der Waals surface area (Å²) in [6.07, 6.45) is 1.75. The first kappa shape index (κ1) is 20.3. The van der Waals surface area contributed by atoms with Gasteiger partial charge < -0.3 is 9.88 Å². The third kappa shape index (κ3) is 3.85. The minimum absolute atomic E-state index is 0.0922. The van der Waals surface area contributed by atoms with Crippen LogP contribution < -0.4 is 4.72 Å². The van der Waals surface area contributed by atoms with Gasteiger partial charge in [0.15, 0.2) is 0 Å². The van der Waals surface area contributed by atoms with Gasteiger partial charge in [0.05, 0.1) is 22.0 Å². The Morgan fingerprint density at radius 1 is 0.969 bits per heavy atom. The second-order valence-corrected chi connectivity index (χ2v) is 9.47. The number of aromatic amines is 1. The standard InChI is InChI=1S/C24H22N4O3S/c29-24(28-16-6-11-22(28)23-25-20-9-4-5-10-21(20)26-23)17-12-14-18(15-13-17)27-32(30,31)19-7-2-1-3-8-19/h1-5,7-10,12-15,22,27H,6,11,16H2,(H,25,26). The molecule has 1 atom stereocenters. The van der Waals surface area contributed by atoms with E-state index >= 15 is 0 Å². The van der Waals surface area contributed by atoms with Crippen LogP contribution >= 0.6 is 0 Å². The second-order valence-electron chi connectivity index (χ2n) is 7.79. The van der Waals surface area contributed by atoms with Crippen molar-refractivity contribution in [3.05, 3.63) is 90.3 Å². The predicted octanol–water partition coefficient (Wildman–Crippen LogP) is 4.34. The van der Waals surface area contributed by atoms with Gasteiger partial charge in [-0.1, -0.05) is 30.3 Å². The number of nitrogens with zero attached hydrogens (tertiary/aromatic N) is 2. The van der Waals surface area contributed by atoms with E-state index in [9.17, 15) is 13.2 Å². The molecule has 8 heteroatoms. The minimum atomic E-state index is -3.68. The van der Waals surface area contributed by atoms with Crippen molar-refractivity contribution in [3.8, 4) is 0 Å². The van der Waals surface area contributed by atoms with Gasteiger partial charge in [-0.05, 0) is 61.4 Å². The zero-order valence-electron chi connectivity index (χ0n) is 17.2. The number of anilines is 1. The van der Waals surface area contributed by atoms with Crippen molar-refractivity contribution in [2.75, 3.05) is 11.3 Å². The Hall–Kier alpha value is -3.65. The third-order valence-corrected chi connectivity index (χ3v) is 7.07. The third-order valence-electron chi connectivity index (χ3n) is 5.67. The zero-order chi connectivity index (χ0) is 22.1. The fraction of sp³-hybridized carbons (Fsp3) is 0.167. The molecule has 0 bridgehead atoms. The van der Waals surface area contributed by atoms with E-state index in [0.717, 1.165) is 29.7 Å². The summed E-state index contributed by atoms with van der Waals surface area (Å²) >= 11 is 0. The molecule has 0 spiro atoms. The monoisotopic (exact) mass is 446 g/mol. The van der Waals surface area contributed by atoms with Crippen LogP contribution in [0, 0.1) is 0 Å². The minimum Gasteiger partial charge on any atom is -0.340 e. The number of hydrogen-bond acceptors (Lipinski definition) is 4. The Balaban J connectivity index is 1.34. The zero-order valence-corrected chi connectivity index (χ0v) is 18.0. The Morgan fingerprint density at radius 2 is 1.69 bits per heavy atom. The second kappa shape index (κ2) is 8.12. The molecule has 1 unspecified atom stereocenters. The normalized spacial score (nSPS) is 16.4. The summed E-state index contributed by atoms with van der Waals surface area (Å²) < 4.78 is 27.6. The first-order chi connectivity index (χ1) is 15.5. The van der Waals surface area contributed by atoms with Crippen molar-refractivity contribution in [2.45, 2.75) is 23.8 Å². The number of para-hydroxylation sites is 2. The van der Waals surface area contributed by atoms with Crippen molar-refractivity contribution in [1.29, 1.82) is 0 Å². The van der Waals surface area contributed by atoms with Crippen molar-refractivity contribution < 1.29 is 13.2 Å². The van der Waals surface area contributed by atoms with E-state index in [1.807, 2.05) is 29.2 Å². The number of nitrogens with one attached hydrogen (secondary N) is 2. The molecule has 1 saturated heterocycles. The van der Waals surface area contributed by atoms with E-state index in [0.29, 0.717) is 17.8 Å². The van der Waals surface area contributed by atoms with E-state index < -0.39 is 10.0 Å². The van der Waals surface area contributed by atoms with Crippen LogP contribution in [0.2, 0.25) is 0 Å². The van der Waals surface area contributed by atoms with Crippen molar-refractivity contribution in [3.63, 3.8) is 0 Å². The number of likely N-dealkylation sites (tertiary alicyclic amines) is 1. The number of imidazole rings is 1. The van der Waals surface area contributed by atoms with Crippen molar-refractivity contribution in [1.82, 2.24) is 14.9 Å². The van der Waals surface area contributed by atoms with Crippen LogP contribution in [-0.4, -0.2) is 35.7 Å². The predicted molar refractivity (Wildman–Crippen MR) is 123 cm³/mol. The lowest BCUT2D eigenvalue weighted by atomic mass is 10.1. The summed E-state index contributed by atoms with van der Waals surface area (Å²) in [5.74, 6) is 0.703. The maximum atomic E-state index is 13.2. The molecule has 32 heavy (non-hydrogen) atoms. The SMILES string of the molecule is O=C(c1ccc(NS(=O)(=O)c2ccccc2)cc1)N1CCCC1c1nc2ccccc2[nH]1. The van der Waals surface area contributed by atoms with E-state index in [1.165, 1.54) is 12.1 Å². The van der Waals surface area contributed by atoms with Gasteiger partial charge >= 0.3 is 0 Å². The highest BCUT2D eigenvalue weighted by molar-refractivity contribution is 7.92. The molecular formula is C24H22N4O3S. The number of fused-ring (bicyclic) bond motifs is 1.